The molecule has 0 rings (SSSR count). The quantitative estimate of drug-likeness (QED) is 0.429. The van der Waals surface area contributed by atoms with Crippen molar-refractivity contribution in [1.82, 2.24) is 0 Å². The van der Waals surface area contributed by atoms with Gasteiger partial charge in [0.25, 0.3) is 0 Å². The number of allylic oxidation sites excluding steroid dienone is 6. The summed E-state index contributed by atoms with van der Waals surface area (Å²) in [6.07, 6.45) is -0.407. The average molecular weight is 297 g/mol. The Morgan fingerprint density at radius 2 is 1.94 bits per heavy atom. The van der Waals surface area contributed by atoms with E-state index in [1.807, 2.05) is 0 Å². The van der Waals surface area contributed by atoms with E-state index in [0.717, 1.165) is 12.2 Å². The van der Waals surface area contributed by atoms with E-state index in [1.54, 1.807) is 13.8 Å². The first-order valence-corrected chi connectivity index (χ1v) is 5.42. The van der Waals surface area contributed by atoms with E-state index in [9.17, 15) is 18.0 Å². The number of halogens is 4. The van der Waals surface area contributed by atoms with Gasteiger partial charge in [-0.15, -0.1) is 0 Å². The molecule has 0 saturated carbocycles. The molecule has 0 atom stereocenters. The van der Waals surface area contributed by atoms with Crippen LogP contribution in [0.1, 0.15) is 20.3 Å². The molecule has 0 aromatic rings. The molecule has 0 radical (unpaired) electrons. The van der Waals surface area contributed by atoms with Crippen molar-refractivity contribution in [3.05, 3.63) is 33.9 Å². The highest BCUT2D eigenvalue weighted by atomic mass is 79.9. The highest BCUT2D eigenvalue weighted by molar-refractivity contribution is 9.12. The second kappa shape index (κ2) is 6.68. The second-order valence-electron chi connectivity index (χ2n) is 2.92. The smallest absolute Gasteiger partial charge is 0.298 e. The molecule has 0 spiro atoms. The SMILES string of the molecule is C\C=C(Br)/C(C=O)=C\C(=C\CC)C(F)(F)F. The van der Waals surface area contributed by atoms with Crippen LogP contribution in [-0.2, 0) is 4.79 Å². The summed E-state index contributed by atoms with van der Waals surface area (Å²) < 4.78 is 37.9. The molecule has 0 saturated heterocycles. The molecule has 0 aromatic heterocycles. The van der Waals surface area contributed by atoms with Crippen LogP contribution in [0.3, 0.4) is 0 Å². The molecule has 5 heteroatoms. The molecule has 0 bridgehead atoms. The van der Waals surface area contributed by atoms with Crippen molar-refractivity contribution in [1.29, 1.82) is 0 Å². The standard InChI is InChI=1S/C11H12BrF3O/c1-3-5-9(11(13,14)15)6-8(7-16)10(12)4-2/h4-7H,3H2,1-2H3/b8-6-,9-5-,10-4+. The summed E-state index contributed by atoms with van der Waals surface area (Å²) in [4.78, 5) is 10.6. The number of hydrogen-bond acceptors (Lipinski definition) is 1. The fraction of sp³-hybridized carbons (Fsp3) is 0.364. The van der Waals surface area contributed by atoms with E-state index >= 15 is 0 Å². The zero-order valence-electron chi connectivity index (χ0n) is 8.94. The lowest BCUT2D eigenvalue weighted by molar-refractivity contribution is -0.104. The molecule has 90 valence electrons. The Morgan fingerprint density at radius 1 is 1.38 bits per heavy atom. The van der Waals surface area contributed by atoms with Crippen LogP contribution >= 0.6 is 15.9 Å². The molecular formula is C11H12BrF3O. The van der Waals surface area contributed by atoms with Crippen LogP contribution in [0.2, 0.25) is 0 Å². The van der Waals surface area contributed by atoms with E-state index in [0.29, 0.717) is 10.8 Å². The highest BCUT2D eigenvalue weighted by Gasteiger charge is 2.31. The van der Waals surface area contributed by atoms with Crippen LogP contribution in [0.5, 0.6) is 0 Å². The number of rotatable bonds is 4. The third-order valence-corrected chi connectivity index (χ3v) is 2.63. The van der Waals surface area contributed by atoms with E-state index in [2.05, 4.69) is 15.9 Å². The minimum atomic E-state index is -4.44. The fourth-order valence-electron chi connectivity index (χ4n) is 0.970. The van der Waals surface area contributed by atoms with Crippen molar-refractivity contribution in [2.24, 2.45) is 0 Å². The molecule has 0 amide bonds. The third kappa shape index (κ3) is 4.79. The second-order valence-corrected chi connectivity index (χ2v) is 3.77. The van der Waals surface area contributed by atoms with Crippen molar-refractivity contribution >= 4 is 22.2 Å². The Bertz CT molecular complexity index is 338. The van der Waals surface area contributed by atoms with Crippen molar-refractivity contribution < 1.29 is 18.0 Å². The highest BCUT2D eigenvalue weighted by Crippen LogP contribution is 2.29. The molecule has 0 aliphatic rings. The zero-order chi connectivity index (χ0) is 12.8. The van der Waals surface area contributed by atoms with Crippen LogP contribution in [0.25, 0.3) is 0 Å². The summed E-state index contributed by atoms with van der Waals surface area (Å²) in [6, 6.07) is 0. The summed E-state index contributed by atoms with van der Waals surface area (Å²) in [5, 5.41) is 0. The summed E-state index contributed by atoms with van der Waals surface area (Å²) in [6.45, 7) is 3.23. The lowest BCUT2D eigenvalue weighted by Gasteiger charge is -2.08. The van der Waals surface area contributed by atoms with Crippen LogP contribution in [0, 0.1) is 0 Å². The van der Waals surface area contributed by atoms with Gasteiger partial charge in [0, 0.05) is 10.1 Å². The van der Waals surface area contributed by atoms with Gasteiger partial charge in [0.15, 0.2) is 6.29 Å². The van der Waals surface area contributed by atoms with Crippen molar-refractivity contribution in [3.63, 3.8) is 0 Å². The molecule has 0 aliphatic heterocycles. The summed E-state index contributed by atoms with van der Waals surface area (Å²) in [5.74, 6) is 0. The van der Waals surface area contributed by atoms with Crippen molar-refractivity contribution in [2.45, 2.75) is 26.4 Å². The first-order chi connectivity index (χ1) is 7.36. The number of alkyl halides is 3. The van der Waals surface area contributed by atoms with Crippen LogP contribution in [0.15, 0.2) is 33.9 Å². The van der Waals surface area contributed by atoms with E-state index in [1.165, 1.54) is 6.08 Å². The van der Waals surface area contributed by atoms with Gasteiger partial charge in [-0.1, -0.05) is 35.0 Å². The number of hydrogen-bond donors (Lipinski definition) is 0. The normalized spacial score (nSPS) is 15.2. The predicted molar refractivity (Wildman–Crippen MR) is 61.3 cm³/mol. The van der Waals surface area contributed by atoms with E-state index in [-0.39, 0.29) is 12.0 Å². The molecular weight excluding hydrogens is 285 g/mol. The van der Waals surface area contributed by atoms with E-state index < -0.39 is 11.7 Å². The minimum Gasteiger partial charge on any atom is -0.298 e. The minimum absolute atomic E-state index is 0.0282. The first-order valence-electron chi connectivity index (χ1n) is 4.63. The third-order valence-electron chi connectivity index (χ3n) is 1.72. The number of carbonyl (C=O) groups is 1. The van der Waals surface area contributed by atoms with Gasteiger partial charge < -0.3 is 0 Å². The Balaban J connectivity index is 5.35. The largest absolute Gasteiger partial charge is 0.416 e. The number of carbonyl (C=O) groups excluding carboxylic acids is 1. The van der Waals surface area contributed by atoms with E-state index in [4.69, 9.17) is 0 Å². The van der Waals surface area contributed by atoms with Gasteiger partial charge in [-0.3, -0.25) is 4.79 Å². The summed E-state index contributed by atoms with van der Waals surface area (Å²) in [7, 11) is 0. The Kier molecular flexibility index (Phi) is 6.33. The molecule has 16 heavy (non-hydrogen) atoms. The molecule has 1 nitrogen and oxygen atoms in total. The number of aldehydes is 1. The molecule has 0 fully saturated rings. The lowest BCUT2D eigenvalue weighted by atomic mass is 10.1. The maximum Gasteiger partial charge on any atom is 0.416 e. The van der Waals surface area contributed by atoms with Crippen LogP contribution < -0.4 is 0 Å². The molecule has 0 aliphatic carbocycles. The fourth-order valence-corrected chi connectivity index (χ4v) is 1.18. The Hall–Kier alpha value is -0.840. The van der Waals surface area contributed by atoms with Crippen LogP contribution in [-0.4, -0.2) is 12.5 Å². The average Bonchev–Trinajstić information content (AvgIpc) is 2.21. The van der Waals surface area contributed by atoms with Crippen LogP contribution in [0.4, 0.5) is 13.2 Å². The monoisotopic (exact) mass is 296 g/mol. The van der Waals surface area contributed by atoms with Crippen molar-refractivity contribution in [3.8, 4) is 0 Å². The zero-order valence-corrected chi connectivity index (χ0v) is 10.5. The lowest BCUT2D eigenvalue weighted by Crippen LogP contribution is -2.10. The molecule has 0 unspecified atom stereocenters. The summed E-state index contributed by atoms with van der Waals surface area (Å²) >= 11 is 3.02. The van der Waals surface area contributed by atoms with Gasteiger partial charge in [0.2, 0.25) is 0 Å². The summed E-state index contributed by atoms with van der Waals surface area (Å²) in [5.41, 5.74) is -0.838. The molecule has 0 N–H and O–H groups in total. The Labute approximate surface area is 101 Å². The predicted octanol–water partition coefficient (Wildman–Crippen LogP) is 4.31. The van der Waals surface area contributed by atoms with Crippen molar-refractivity contribution in [2.75, 3.05) is 0 Å². The van der Waals surface area contributed by atoms with Gasteiger partial charge in [0.1, 0.15) is 0 Å². The topological polar surface area (TPSA) is 17.1 Å². The van der Waals surface area contributed by atoms with Gasteiger partial charge in [-0.05, 0) is 19.4 Å². The molecule has 0 aromatic carbocycles. The van der Waals surface area contributed by atoms with Gasteiger partial charge >= 0.3 is 6.18 Å². The van der Waals surface area contributed by atoms with Gasteiger partial charge in [0.05, 0.1) is 5.57 Å². The first kappa shape index (κ1) is 15.2. The molecule has 0 heterocycles. The van der Waals surface area contributed by atoms with Gasteiger partial charge in [-0.2, -0.15) is 13.2 Å². The maximum absolute atomic E-state index is 12.5. The Morgan fingerprint density at radius 3 is 2.25 bits per heavy atom. The maximum atomic E-state index is 12.5. The van der Waals surface area contributed by atoms with Gasteiger partial charge in [-0.25, -0.2) is 0 Å².